The van der Waals surface area contributed by atoms with Crippen molar-refractivity contribution in [1.29, 1.82) is 0 Å². The molecule has 0 aliphatic rings. The minimum Gasteiger partial charge on any atom is -0.326 e. The third-order valence-electron chi connectivity index (χ3n) is 2.20. The Morgan fingerprint density at radius 3 is 2.93 bits per heavy atom. The maximum Gasteiger partial charge on any atom is 0.224 e. The van der Waals surface area contributed by atoms with Crippen LogP contribution in [0.1, 0.15) is 31.7 Å². The minimum atomic E-state index is 0.0750. The number of carbonyl (C=O) groups excluding carboxylic acids is 1. The lowest BCUT2D eigenvalue weighted by Gasteiger charge is -2.05. The molecular weight excluding hydrogens is 188 g/mol. The molecule has 0 aromatic heterocycles. The quantitative estimate of drug-likeness (QED) is 0.776. The predicted molar refractivity (Wildman–Crippen MR) is 62.5 cm³/mol. The Bertz CT molecular complexity index is 323. The summed E-state index contributed by atoms with van der Waals surface area (Å²) in [5.41, 5.74) is 7.38. The van der Waals surface area contributed by atoms with Crippen molar-refractivity contribution in [2.75, 3.05) is 5.32 Å². The van der Waals surface area contributed by atoms with E-state index in [0.29, 0.717) is 13.0 Å². The molecule has 0 bridgehead atoms. The van der Waals surface area contributed by atoms with Crippen LogP contribution in [0.4, 0.5) is 5.69 Å². The van der Waals surface area contributed by atoms with Gasteiger partial charge < -0.3 is 11.1 Å². The molecule has 1 aromatic carbocycles. The van der Waals surface area contributed by atoms with Gasteiger partial charge in [-0.15, -0.1) is 0 Å². The molecule has 1 rings (SSSR count). The van der Waals surface area contributed by atoms with Gasteiger partial charge in [0.05, 0.1) is 0 Å². The summed E-state index contributed by atoms with van der Waals surface area (Å²) in [4.78, 5) is 11.4. The number of hydrogen-bond acceptors (Lipinski definition) is 2. The van der Waals surface area contributed by atoms with Crippen molar-refractivity contribution < 1.29 is 4.79 Å². The van der Waals surface area contributed by atoms with Gasteiger partial charge in [-0.05, 0) is 24.1 Å². The number of nitrogens with one attached hydrogen (secondary N) is 1. The Hall–Kier alpha value is -1.35. The summed E-state index contributed by atoms with van der Waals surface area (Å²) in [5.74, 6) is 0.0750. The van der Waals surface area contributed by atoms with E-state index in [9.17, 15) is 4.79 Å². The maximum atomic E-state index is 11.4. The molecule has 3 heteroatoms. The number of hydrogen-bond donors (Lipinski definition) is 2. The highest BCUT2D eigenvalue weighted by Gasteiger charge is 2.01. The zero-order chi connectivity index (χ0) is 11.1. The van der Waals surface area contributed by atoms with Crippen LogP contribution >= 0.6 is 0 Å². The lowest BCUT2D eigenvalue weighted by Crippen LogP contribution is -2.11. The van der Waals surface area contributed by atoms with E-state index in [2.05, 4.69) is 12.2 Å². The van der Waals surface area contributed by atoms with Crippen LogP contribution in [0.2, 0.25) is 0 Å². The van der Waals surface area contributed by atoms with E-state index in [1.54, 1.807) is 0 Å². The fourth-order valence-corrected chi connectivity index (χ4v) is 1.34. The van der Waals surface area contributed by atoms with Crippen LogP contribution in [0.15, 0.2) is 24.3 Å². The van der Waals surface area contributed by atoms with Gasteiger partial charge in [-0.2, -0.15) is 0 Å². The topological polar surface area (TPSA) is 55.1 Å². The van der Waals surface area contributed by atoms with Crippen molar-refractivity contribution in [3.05, 3.63) is 29.8 Å². The van der Waals surface area contributed by atoms with Gasteiger partial charge in [0.1, 0.15) is 0 Å². The van der Waals surface area contributed by atoms with Gasteiger partial charge in [-0.3, -0.25) is 4.79 Å². The molecule has 3 N–H and O–H groups in total. The van der Waals surface area contributed by atoms with E-state index in [4.69, 9.17) is 5.73 Å². The third kappa shape index (κ3) is 4.13. The molecule has 0 aliphatic carbocycles. The van der Waals surface area contributed by atoms with Gasteiger partial charge >= 0.3 is 0 Å². The molecule has 0 atom stereocenters. The third-order valence-corrected chi connectivity index (χ3v) is 2.20. The van der Waals surface area contributed by atoms with Crippen molar-refractivity contribution >= 4 is 11.6 Å². The van der Waals surface area contributed by atoms with E-state index < -0.39 is 0 Å². The van der Waals surface area contributed by atoms with Crippen molar-refractivity contribution in [2.24, 2.45) is 5.73 Å². The van der Waals surface area contributed by atoms with E-state index >= 15 is 0 Å². The molecule has 15 heavy (non-hydrogen) atoms. The molecule has 0 heterocycles. The lowest BCUT2D eigenvalue weighted by atomic mass is 10.2. The summed E-state index contributed by atoms with van der Waals surface area (Å²) in [7, 11) is 0. The summed E-state index contributed by atoms with van der Waals surface area (Å²) in [6.45, 7) is 2.57. The normalized spacial score (nSPS) is 10.0. The Morgan fingerprint density at radius 2 is 2.27 bits per heavy atom. The van der Waals surface area contributed by atoms with Crippen LogP contribution in [0.3, 0.4) is 0 Å². The Kier molecular flexibility index (Phi) is 4.84. The molecule has 1 aromatic rings. The Balaban J connectivity index is 2.52. The average Bonchev–Trinajstić information content (AvgIpc) is 2.26. The number of nitrogens with two attached hydrogens (primary N) is 1. The monoisotopic (exact) mass is 206 g/mol. The Labute approximate surface area is 90.7 Å². The minimum absolute atomic E-state index is 0.0750. The molecule has 0 spiro atoms. The van der Waals surface area contributed by atoms with Crippen molar-refractivity contribution in [3.63, 3.8) is 0 Å². The van der Waals surface area contributed by atoms with Crippen LogP contribution in [-0.2, 0) is 11.3 Å². The molecule has 0 radical (unpaired) electrons. The van der Waals surface area contributed by atoms with Gasteiger partial charge in [0, 0.05) is 18.7 Å². The van der Waals surface area contributed by atoms with Gasteiger partial charge in [-0.1, -0.05) is 25.5 Å². The standard InChI is InChI=1S/C12H18N2O/c1-2-3-7-12(15)14-11-6-4-5-10(8-11)9-13/h4-6,8H,2-3,7,9,13H2,1H3,(H,14,15). The molecule has 0 unspecified atom stereocenters. The SMILES string of the molecule is CCCCC(=O)Nc1cccc(CN)c1. The number of anilines is 1. The van der Waals surface area contributed by atoms with E-state index in [0.717, 1.165) is 24.1 Å². The highest BCUT2D eigenvalue weighted by atomic mass is 16.1. The first-order valence-electron chi connectivity index (χ1n) is 5.35. The summed E-state index contributed by atoms with van der Waals surface area (Å²) < 4.78 is 0. The van der Waals surface area contributed by atoms with Crippen LogP contribution in [-0.4, -0.2) is 5.91 Å². The van der Waals surface area contributed by atoms with Crippen molar-refractivity contribution in [3.8, 4) is 0 Å². The molecule has 0 fully saturated rings. The fraction of sp³-hybridized carbons (Fsp3) is 0.417. The fourth-order valence-electron chi connectivity index (χ4n) is 1.34. The van der Waals surface area contributed by atoms with Crippen LogP contribution in [0, 0.1) is 0 Å². The van der Waals surface area contributed by atoms with Gasteiger partial charge in [-0.25, -0.2) is 0 Å². The van der Waals surface area contributed by atoms with Crippen molar-refractivity contribution in [1.82, 2.24) is 0 Å². The number of carbonyl (C=O) groups is 1. The molecule has 0 saturated heterocycles. The second-order valence-corrected chi connectivity index (χ2v) is 3.56. The zero-order valence-electron chi connectivity index (χ0n) is 9.12. The zero-order valence-corrected chi connectivity index (χ0v) is 9.12. The molecule has 0 aliphatic heterocycles. The summed E-state index contributed by atoms with van der Waals surface area (Å²) >= 11 is 0. The number of amides is 1. The molecular formula is C12H18N2O. The van der Waals surface area contributed by atoms with Gasteiger partial charge in [0.25, 0.3) is 0 Å². The van der Waals surface area contributed by atoms with Crippen LogP contribution in [0.5, 0.6) is 0 Å². The first-order valence-corrected chi connectivity index (χ1v) is 5.35. The van der Waals surface area contributed by atoms with Gasteiger partial charge in [0.15, 0.2) is 0 Å². The number of unbranched alkanes of at least 4 members (excludes halogenated alkanes) is 1. The van der Waals surface area contributed by atoms with Crippen molar-refractivity contribution in [2.45, 2.75) is 32.7 Å². The second-order valence-electron chi connectivity index (χ2n) is 3.56. The molecule has 3 nitrogen and oxygen atoms in total. The second kappa shape index (κ2) is 6.19. The smallest absolute Gasteiger partial charge is 0.224 e. The summed E-state index contributed by atoms with van der Waals surface area (Å²) in [6.07, 6.45) is 2.56. The highest BCUT2D eigenvalue weighted by molar-refractivity contribution is 5.90. The number of rotatable bonds is 5. The first-order chi connectivity index (χ1) is 7.26. The Morgan fingerprint density at radius 1 is 1.47 bits per heavy atom. The first kappa shape index (κ1) is 11.7. The molecule has 1 amide bonds. The highest BCUT2D eigenvalue weighted by Crippen LogP contribution is 2.10. The van der Waals surface area contributed by atoms with Gasteiger partial charge in [0.2, 0.25) is 5.91 Å². The molecule has 0 saturated carbocycles. The van der Waals surface area contributed by atoms with E-state index in [1.807, 2.05) is 24.3 Å². The number of benzene rings is 1. The molecule has 82 valence electrons. The van der Waals surface area contributed by atoms with E-state index in [-0.39, 0.29) is 5.91 Å². The maximum absolute atomic E-state index is 11.4. The largest absolute Gasteiger partial charge is 0.326 e. The summed E-state index contributed by atoms with van der Waals surface area (Å²) in [6, 6.07) is 7.63. The lowest BCUT2D eigenvalue weighted by molar-refractivity contribution is -0.116. The van der Waals surface area contributed by atoms with E-state index in [1.165, 1.54) is 0 Å². The average molecular weight is 206 g/mol. The van der Waals surface area contributed by atoms with Crippen LogP contribution < -0.4 is 11.1 Å². The predicted octanol–water partition coefficient (Wildman–Crippen LogP) is 2.27. The summed E-state index contributed by atoms with van der Waals surface area (Å²) in [5, 5.41) is 2.86. The van der Waals surface area contributed by atoms with Crippen LogP contribution in [0.25, 0.3) is 0 Å².